The van der Waals surface area contributed by atoms with Gasteiger partial charge in [-0.25, -0.2) is 4.79 Å². The van der Waals surface area contributed by atoms with Crippen LogP contribution in [0.15, 0.2) is 24.3 Å². The lowest BCUT2D eigenvalue weighted by molar-refractivity contribution is -0.326. The summed E-state index contributed by atoms with van der Waals surface area (Å²) in [6, 6.07) is 4.31. The molecular weight excluding hydrogens is 488 g/mol. The zero-order valence-electron chi connectivity index (χ0n) is 19.1. The van der Waals surface area contributed by atoms with Crippen LogP contribution in [0, 0.1) is 0 Å². The van der Waals surface area contributed by atoms with Crippen molar-refractivity contribution >= 4 is 12.0 Å². The van der Waals surface area contributed by atoms with E-state index in [2.05, 4.69) is 0 Å². The van der Waals surface area contributed by atoms with Crippen molar-refractivity contribution in [2.75, 3.05) is 20.3 Å². The molecule has 2 aliphatic heterocycles. The summed E-state index contributed by atoms with van der Waals surface area (Å²) in [5.41, 5.74) is 0.480. The first-order valence-electron chi connectivity index (χ1n) is 10.9. The number of rotatable bonds is 8. The summed E-state index contributed by atoms with van der Waals surface area (Å²) in [6.45, 7) is -1.23. The first-order chi connectivity index (χ1) is 17.1. The lowest BCUT2D eigenvalue weighted by Crippen LogP contribution is -2.62. The average molecular weight is 518 g/mol. The average Bonchev–Trinajstić information content (AvgIpc) is 2.87. The molecule has 2 aliphatic rings. The Morgan fingerprint density at radius 3 is 2.33 bits per heavy atom. The Balaban J connectivity index is 1.56. The minimum absolute atomic E-state index is 0.0955. The molecule has 0 spiro atoms. The predicted molar refractivity (Wildman–Crippen MR) is 116 cm³/mol. The fourth-order valence-corrected chi connectivity index (χ4v) is 3.72. The molecule has 2 fully saturated rings. The molecule has 0 aromatic heterocycles. The summed E-state index contributed by atoms with van der Waals surface area (Å²) in [7, 11) is 1.36. The summed E-state index contributed by atoms with van der Waals surface area (Å²) in [5, 5.41) is 79.4. The third-order valence-electron chi connectivity index (χ3n) is 5.80. The van der Waals surface area contributed by atoms with Gasteiger partial charge in [0.25, 0.3) is 0 Å². The van der Waals surface area contributed by atoms with E-state index in [1.807, 2.05) is 0 Å². The third kappa shape index (κ3) is 6.30. The van der Waals surface area contributed by atoms with E-state index in [4.69, 9.17) is 23.7 Å². The predicted octanol–water partition coefficient (Wildman–Crippen LogP) is -3.42. The van der Waals surface area contributed by atoms with Crippen molar-refractivity contribution in [1.82, 2.24) is 0 Å². The first-order valence-corrected chi connectivity index (χ1v) is 10.9. The molecule has 0 saturated carbocycles. The minimum atomic E-state index is -1.86. The number of carbonyl (C=O) groups is 1. The van der Waals surface area contributed by atoms with Crippen LogP contribution in [-0.2, 0) is 23.7 Å². The van der Waals surface area contributed by atoms with Gasteiger partial charge in [0.05, 0.1) is 20.3 Å². The van der Waals surface area contributed by atoms with E-state index in [-0.39, 0.29) is 11.5 Å². The van der Waals surface area contributed by atoms with Gasteiger partial charge in [-0.3, -0.25) is 0 Å². The van der Waals surface area contributed by atoms with E-state index in [1.54, 1.807) is 0 Å². The van der Waals surface area contributed by atoms with Crippen molar-refractivity contribution in [3.63, 3.8) is 0 Å². The number of hydrogen-bond acceptors (Lipinski definition) is 14. The maximum Gasteiger partial charge on any atom is 0.331 e. The molecule has 0 unspecified atom stereocenters. The number of esters is 1. The lowest BCUT2D eigenvalue weighted by atomic mass is 9.98. The van der Waals surface area contributed by atoms with Crippen molar-refractivity contribution in [3.05, 3.63) is 29.8 Å². The zero-order valence-corrected chi connectivity index (χ0v) is 19.1. The number of benzene rings is 1. The molecule has 1 aromatic rings. The Morgan fingerprint density at radius 1 is 0.972 bits per heavy atom. The Morgan fingerprint density at radius 2 is 1.67 bits per heavy atom. The molecule has 0 amide bonds. The molecule has 0 bridgehead atoms. The van der Waals surface area contributed by atoms with Gasteiger partial charge in [0, 0.05) is 6.08 Å². The summed E-state index contributed by atoms with van der Waals surface area (Å²) in [4.78, 5) is 12.2. The van der Waals surface area contributed by atoms with Crippen molar-refractivity contribution in [3.8, 4) is 11.5 Å². The van der Waals surface area contributed by atoms with Gasteiger partial charge in [0.15, 0.2) is 30.2 Å². The van der Waals surface area contributed by atoms with E-state index < -0.39 is 80.6 Å². The van der Waals surface area contributed by atoms with Crippen LogP contribution < -0.4 is 4.74 Å². The number of phenols is 1. The van der Waals surface area contributed by atoms with E-state index in [1.165, 1.54) is 31.4 Å². The number of aliphatic hydroxyl groups excluding tert-OH is 7. The van der Waals surface area contributed by atoms with Gasteiger partial charge >= 0.3 is 5.97 Å². The zero-order chi connectivity index (χ0) is 26.6. The van der Waals surface area contributed by atoms with Crippen LogP contribution in [0.2, 0.25) is 0 Å². The van der Waals surface area contributed by atoms with Crippen LogP contribution in [0.4, 0.5) is 0 Å². The molecular formula is C22H30O14. The molecule has 8 N–H and O–H groups in total. The molecule has 1 aromatic carbocycles. The van der Waals surface area contributed by atoms with Crippen molar-refractivity contribution in [1.29, 1.82) is 0 Å². The summed E-state index contributed by atoms with van der Waals surface area (Å²) >= 11 is 0. The van der Waals surface area contributed by atoms with Crippen molar-refractivity contribution in [2.45, 2.75) is 61.4 Å². The van der Waals surface area contributed by atoms with Gasteiger partial charge in [-0.05, 0) is 23.8 Å². The number of aromatic hydroxyl groups is 1. The molecule has 202 valence electrons. The molecule has 0 aliphatic carbocycles. The SMILES string of the molecule is COc1cc(/C=C/C(=O)O[C@@H]2[C@@H](O)[C@H](O)[C@@H](CO[C@@H]3O[C@H](CO)[C@@H](O)[C@H](O)[C@H]3O)O[C@@H]2O)ccc1O. The van der Waals surface area contributed by atoms with Gasteiger partial charge in [-0.2, -0.15) is 0 Å². The van der Waals surface area contributed by atoms with Crippen LogP contribution in [-0.4, -0.2) is 129 Å². The Bertz CT molecular complexity index is 907. The van der Waals surface area contributed by atoms with Gasteiger partial charge < -0.3 is 64.5 Å². The maximum absolute atomic E-state index is 12.2. The second-order valence-corrected chi connectivity index (χ2v) is 8.24. The van der Waals surface area contributed by atoms with E-state index >= 15 is 0 Å². The van der Waals surface area contributed by atoms with Crippen LogP contribution >= 0.6 is 0 Å². The van der Waals surface area contributed by atoms with E-state index in [9.17, 15) is 45.6 Å². The number of carbonyl (C=O) groups excluding carboxylic acids is 1. The Kier molecular flexibility index (Phi) is 9.59. The third-order valence-corrected chi connectivity index (χ3v) is 5.80. The first kappa shape index (κ1) is 28.2. The summed E-state index contributed by atoms with van der Waals surface area (Å²) in [6.07, 6.45) is -13.8. The standard InChI is InChI=1S/C22H30O14/c1-32-11-6-9(2-4-10(11)24)3-5-14(25)36-20-18(29)16(27)13(34-21(20)31)8-33-22-19(30)17(28)15(26)12(7-23)35-22/h2-6,12-13,15-24,26-31H,7-8H2,1H3/b5-3+/t12-,13-,15-,16-,17+,18+,19-,20-,21+,22-/m1/s1. The molecule has 3 rings (SSSR count). The van der Waals surface area contributed by atoms with Crippen LogP contribution in [0.1, 0.15) is 5.56 Å². The molecule has 36 heavy (non-hydrogen) atoms. The monoisotopic (exact) mass is 518 g/mol. The molecule has 10 atom stereocenters. The summed E-state index contributed by atoms with van der Waals surface area (Å²) in [5.74, 6) is -0.893. The highest BCUT2D eigenvalue weighted by atomic mass is 16.7. The molecule has 0 radical (unpaired) electrons. The number of hydrogen-bond donors (Lipinski definition) is 8. The van der Waals surface area contributed by atoms with E-state index in [0.29, 0.717) is 5.56 Å². The second kappa shape index (κ2) is 12.2. The summed E-state index contributed by atoms with van der Waals surface area (Å²) < 4.78 is 25.6. The quantitative estimate of drug-likeness (QED) is 0.124. The smallest absolute Gasteiger partial charge is 0.331 e. The van der Waals surface area contributed by atoms with Crippen LogP contribution in [0.3, 0.4) is 0 Å². The largest absolute Gasteiger partial charge is 0.504 e. The van der Waals surface area contributed by atoms with Crippen molar-refractivity contribution in [2.24, 2.45) is 0 Å². The van der Waals surface area contributed by atoms with Gasteiger partial charge in [0.2, 0.25) is 0 Å². The van der Waals surface area contributed by atoms with Gasteiger partial charge in [0.1, 0.15) is 42.7 Å². The lowest BCUT2D eigenvalue weighted by Gasteiger charge is -2.42. The topological polar surface area (TPSA) is 225 Å². The highest BCUT2D eigenvalue weighted by Crippen LogP contribution is 2.28. The molecule has 2 saturated heterocycles. The highest BCUT2D eigenvalue weighted by molar-refractivity contribution is 5.87. The number of phenolic OH excluding ortho intramolecular Hbond substituents is 1. The van der Waals surface area contributed by atoms with Gasteiger partial charge in [-0.15, -0.1) is 0 Å². The Hall–Kier alpha value is -2.37. The number of aliphatic hydroxyl groups is 7. The number of ether oxygens (including phenoxy) is 5. The normalized spacial score (nSPS) is 37.1. The van der Waals surface area contributed by atoms with Gasteiger partial charge in [-0.1, -0.05) is 6.07 Å². The van der Waals surface area contributed by atoms with Crippen LogP contribution in [0.25, 0.3) is 6.08 Å². The highest BCUT2D eigenvalue weighted by Gasteiger charge is 2.48. The maximum atomic E-state index is 12.2. The van der Waals surface area contributed by atoms with E-state index in [0.717, 1.165) is 6.08 Å². The minimum Gasteiger partial charge on any atom is -0.504 e. The van der Waals surface area contributed by atoms with Crippen molar-refractivity contribution < 1.29 is 69.3 Å². The molecule has 2 heterocycles. The fraction of sp³-hybridized carbons (Fsp3) is 0.591. The molecule has 14 heteroatoms. The number of methoxy groups -OCH3 is 1. The second-order valence-electron chi connectivity index (χ2n) is 8.24. The van der Waals surface area contributed by atoms with Crippen LogP contribution in [0.5, 0.6) is 11.5 Å². The fourth-order valence-electron chi connectivity index (χ4n) is 3.72. The molecule has 14 nitrogen and oxygen atoms in total. The Labute approximate surface area is 205 Å².